The zero-order valence-corrected chi connectivity index (χ0v) is 15.7. The molecule has 6 heteroatoms. The van der Waals surface area contributed by atoms with Crippen LogP contribution >= 0.6 is 0 Å². The third-order valence-electron chi connectivity index (χ3n) is 4.70. The van der Waals surface area contributed by atoms with E-state index < -0.39 is 6.10 Å². The van der Waals surface area contributed by atoms with Crippen molar-refractivity contribution in [3.8, 4) is 17.2 Å². The first kappa shape index (κ1) is 18.5. The molecule has 1 aromatic heterocycles. The van der Waals surface area contributed by atoms with Gasteiger partial charge in [-0.25, -0.2) is 4.39 Å². The number of para-hydroxylation sites is 1. The molecule has 146 valence electrons. The summed E-state index contributed by atoms with van der Waals surface area (Å²) in [5.74, 6) is 1.22. The summed E-state index contributed by atoms with van der Waals surface area (Å²) in [6.45, 7) is 3.70. The lowest BCUT2D eigenvalue weighted by atomic mass is 10.1. The Hall–Kier alpha value is -2.83. The van der Waals surface area contributed by atoms with Gasteiger partial charge in [-0.2, -0.15) is 0 Å². The number of nitrogens with zero attached hydrogens (tertiary/aromatic N) is 2. The summed E-state index contributed by atoms with van der Waals surface area (Å²) in [5, 5.41) is 9.96. The summed E-state index contributed by atoms with van der Waals surface area (Å²) in [4.78, 5) is 2.13. The quantitative estimate of drug-likeness (QED) is 0.676. The third kappa shape index (κ3) is 4.03. The normalized spacial score (nSPS) is 13.9. The number of hydrogen-bond donors (Lipinski definition) is 1. The Labute approximate surface area is 163 Å². The van der Waals surface area contributed by atoms with Gasteiger partial charge < -0.3 is 19.1 Å². The van der Waals surface area contributed by atoms with Crippen molar-refractivity contribution in [1.82, 2.24) is 9.47 Å². The van der Waals surface area contributed by atoms with Gasteiger partial charge in [-0.1, -0.05) is 18.2 Å². The molecule has 3 aromatic rings. The number of hydrogen-bond acceptors (Lipinski definition) is 4. The number of rotatable bonds is 7. The van der Waals surface area contributed by atoms with E-state index in [-0.39, 0.29) is 12.6 Å². The van der Waals surface area contributed by atoms with Crippen molar-refractivity contribution >= 4 is 0 Å². The monoisotopic (exact) mass is 382 g/mol. The highest BCUT2D eigenvalue weighted by Gasteiger charge is 2.17. The Morgan fingerprint density at radius 1 is 1.07 bits per heavy atom. The van der Waals surface area contributed by atoms with Crippen molar-refractivity contribution < 1.29 is 19.0 Å². The highest BCUT2D eigenvalue weighted by molar-refractivity contribution is 5.44. The molecule has 1 atom stereocenters. The lowest BCUT2D eigenvalue weighted by molar-refractivity contribution is 0.117. The van der Waals surface area contributed by atoms with Crippen molar-refractivity contribution in [1.29, 1.82) is 0 Å². The van der Waals surface area contributed by atoms with Gasteiger partial charge in [-0.3, -0.25) is 4.90 Å². The summed E-state index contributed by atoms with van der Waals surface area (Å²) < 4.78 is 26.9. The first-order valence-corrected chi connectivity index (χ1v) is 9.30. The molecular weight excluding hydrogens is 359 g/mol. The van der Waals surface area contributed by atoms with Crippen LogP contribution in [0.4, 0.5) is 4.39 Å². The molecule has 0 aliphatic carbocycles. The van der Waals surface area contributed by atoms with Crippen LogP contribution in [0.5, 0.6) is 11.5 Å². The number of ether oxygens (including phenoxy) is 2. The Morgan fingerprint density at radius 2 is 1.89 bits per heavy atom. The summed E-state index contributed by atoms with van der Waals surface area (Å²) in [6.07, 6.45) is 1.38. The lowest BCUT2D eigenvalue weighted by Crippen LogP contribution is -2.31. The largest absolute Gasteiger partial charge is 0.454 e. The second kappa shape index (κ2) is 8.04. The van der Waals surface area contributed by atoms with Crippen LogP contribution in [0.25, 0.3) is 5.69 Å². The second-order valence-electron chi connectivity index (χ2n) is 7.03. The van der Waals surface area contributed by atoms with Crippen LogP contribution in [0.3, 0.4) is 0 Å². The topological polar surface area (TPSA) is 46.9 Å². The van der Waals surface area contributed by atoms with E-state index in [0.717, 1.165) is 22.8 Å². The van der Waals surface area contributed by atoms with Crippen LogP contribution in [0.1, 0.15) is 18.2 Å². The van der Waals surface area contributed by atoms with E-state index in [0.29, 0.717) is 25.3 Å². The lowest BCUT2D eigenvalue weighted by Gasteiger charge is -2.25. The number of halogens is 1. The van der Waals surface area contributed by atoms with E-state index in [9.17, 15) is 9.50 Å². The SMILES string of the molecule is C[C@@H](O)CN(Cc1ccc2c(c1)OCO2)Cc1cccn1-c1ccccc1F. The van der Waals surface area contributed by atoms with Crippen LogP contribution in [0.2, 0.25) is 0 Å². The Morgan fingerprint density at radius 3 is 2.71 bits per heavy atom. The van der Waals surface area contributed by atoms with E-state index in [4.69, 9.17) is 9.47 Å². The molecule has 0 saturated heterocycles. The fraction of sp³-hybridized carbons (Fsp3) is 0.273. The number of benzene rings is 2. The molecule has 0 unspecified atom stereocenters. The van der Waals surface area contributed by atoms with E-state index in [1.54, 1.807) is 19.1 Å². The molecule has 0 fully saturated rings. The van der Waals surface area contributed by atoms with E-state index >= 15 is 0 Å². The number of fused-ring (bicyclic) bond motifs is 1. The van der Waals surface area contributed by atoms with Crippen molar-refractivity contribution in [2.75, 3.05) is 13.3 Å². The number of aliphatic hydroxyl groups excluding tert-OH is 1. The van der Waals surface area contributed by atoms with Gasteiger partial charge >= 0.3 is 0 Å². The summed E-state index contributed by atoms with van der Waals surface area (Å²) >= 11 is 0. The minimum absolute atomic E-state index is 0.242. The molecule has 2 heterocycles. The molecule has 1 aliphatic heterocycles. The fourth-order valence-electron chi connectivity index (χ4n) is 3.51. The predicted molar refractivity (Wildman–Crippen MR) is 104 cm³/mol. The van der Waals surface area contributed by atoms with Crippen LogP contribution < -0.4 is 9.47 Å². The molecule has 0 spiro atoms. The summed E-state index contributed by atoms with van der Waals surface area (Å²) in [6, 6.07) is 16.5. The highest BCUT2D eigenvalue weighted by atomic mass is 19.1. The molecule has 0 amide bonds. The molecule has 0 bridgehead atoms. The standard InChI is InChI=1S/C22H23FN2O3/c1-16(26)12-24(13-17-8-9-21-22(11-17)28-15-27-21)14-18-5-4-10-25(18)20-7-3-2-6-19(20)23/h2-11,16,26H,12-15H2,1H3/t16-/m1/s1. The van der Waals surface area contributed by atoms with Crippen molar-refractivity contribution in [3.63, 3.8) is 0 Å². The third-order valence-corrected chi connectivity index (χ3v) is 4.70. The van der Waals surface area contributed by atoms with Crippen molar-refractivity contribution in [3.05, 3.63) is 77.9 Å². The maximum atomic E-state index is 14.3. The second-order valence-corrected chi connectivity index (χ2v) is 7.03. The molecular formula is C22H23FN2O3. The molecule has 5 nitrogen and oxygen atoms in total. The van der Waals surface area contributed by atoms with E-state index in [2.05, 4.69) is 4.90 Å². The van der Waals surface area contributed by atoms with E-state index in [1.807, 2.05) is 47.2 Å². The zero-order chi connectivity index (χ0) is 19.5. The van der Waals surface area contributed by atoms with Gasteiger partial charge in [0.25, 0.3) is 0 Å². The Bertz CT molecular complexity index is 954. The highest BCUT2D eigenvalue weighted by Crippen LogP contribution is 2.33. The van der Waals surface area contributed by atoms with Gasteiger partial charge in [0.2, 0.25) is 6.79 Å². The Kier molecular flexibility index (Phi) is 5.32. The van der Waals surface area contributed by atoms with Crippen molar-refractivity contribution in [2.24, 2.45) is 0 Å². The minimum atomic E-state index is -0.481. The summed E-state index contributed by atoms with van der Waals surface area (Å²) in [5.41, 5.74) is 2.53. The number of aliphatic hydroxyl groups is 1. The van der Waals surface area contributed by atoms with Crippen LogP contribution in [0, 0.1) is 5.82 Å². The number of aromatic nitrogens is 1. The first-order chi connectivity index (χ1) is 13.6. The molecule has 2 aromatic carbocycles. The molecule has 1 aliphatic rings. The smallest absolute Gasteiger partial charge is 0.231 e. The fourth-order valence-corrected chi connectivity index (χ4v) is 3.51. The first-order valence-electron chi connectivity index (χ1n) is 9.30. The Balaban J connectivity index is 1.56. The van der Waals surface area contributed by atoms with Crippen LogP contribution in [0.15, 0.2) is 60.8 Å². The average Bonchev–Trinajstić information content (AvgIpc) is 3.30. The van der Waals surface area contributed by atoms with Crippen LogP contribution in [-0.2, 0) is 13.1 Å². The minimum Gasteiger partial charge on any atom is -0.454 e. The predicted octanol–water partition coefficient (Wildman–Crippen LogP) is 3.73. The van der Waals surface area contributed by atoms with Gasteiger partial charge in [0.15, 0.2) is 11.5 Å². The van der Waals surface area contributed by atoms with Crippen molar-refractivity contribution in [2.45, 2.75) is 26.1 Å². The van der Waals surface area contributed by atoms with E-state index in [1.165, 1.54) is 6.07 Å². The molecule has 0 saturated carbocycles. The van der Waals surface area contributed by atoms with Gasteiger partial charge in [-0.05, 0) is 48.9 Å². The maximum absolute atomic E-state index is 14.3. The van der Waals surface area contributed by atoms with Gasteiger partial charge in [0.1, 0.15) is 5.82 Å². The molecule has 28 heavy (non-hydrogen) atoms. The average molecular weight is 382 g/mol. The van der Waals surface area contributed by atoms with Gasteiger partial charge in [-0.15, -0.1) is 0 Å². The maximum Gasteiger partial charge on any atom is 0.231 e. The van der Waals surface area contributed by atoms with Gasteiger partial charge in [0, 0.05) is 31.5 Å². The zero-order valence-electron chi connectivity index (χ0n) is 15.7. The van der Waals surface area contributed by atoms with Crippen LogP contribution in [-0.4, -0.2) is 34.0 Å². The van der Waals surface area contributed by atoms with Gasteiger partial charge in [0.05, 0.1) is 11.8 Å². The molecule has 1 N–H and O–H groups in total. The summed E-state index contributed by atoms with van der Waals surface area (Å²) in [7, 11) is 0. The molecule has 0 radical (unpaired) electrons. The molecule has 4 rings (SSSR count).